The summed E-state index contributed by atoms with van der Waals surface area (Å²) in [5.74, 6) is -0.605. The largest absolute Gasteiger partial charge is 0.503 e. The molecule has 2 N–H and O–H groups in total. The molecular formula is C17H20FN3O2. The van der Waals surface area contributed by atoms with Crippen LogP contribution in [0.2, 0.25) is 0 Å². The van der Waals surface area contributed by atoms with Gasteiger partial charge in [0, 0.05) is 50.0 Å². The minimum atomic E-state index is -0.485. The van der Waals surface area contributed by atoms with Crippen molar-refractivity contribution in [1.82, 2.24) is 14.8 Å². The van der Waals surface area contributed by atoms with Crippen LogP contribution in [0.5, 0.6) is 5.75 Å². The first-order valence-electron chi connectivity index (χ1n) is 7.73. The van der Waals surface area contributed by atoms with Gasteiger partial charge in [-0.1, -0.05) is 18.2 Å². The summed E-state index contributed by atoms with van der Waals surface area (Å²) in [6.45, 7) is 4.24. The summed E-state index contributed by atoms with van der Waals surface area (Å²) >= 11 is 0. The molecule has 3 rings (SSSR count). The van der Waals surface area contributed by atoms with E-state index in [1.54, 1.807) is 30.5 Å². The maximum absolute atomic E-state index is 13.7. The van der Waals surface area contributed by atoms with E-state index in [9.17, 15) is 14.3 Å². The highest BCUT2D eigenvalue weighted by Gasteiger charge is 2.15. The van der Waals surface area contributed by atoms with Gasteiger partial charge in [0.1, 0.15) is 5.82 Å². The van der Waals surface area contributed by atoms with E-state index in [1.807, 2.05) is 0 Å². The number of aromatic hydroxyl groups is 1. The summed E-state index contributed by atoms with van der Waals surface area (Å²) in [5, 5.41) is 13.4. The third-order valence-electron chi connectivity index (χ3n) is 4.13. The third-order valence-corrected chi connectivity index (χ3v) is 4.13. The van der Waals surface area contributed by atoms with E-state index in [2.05, 4.69) is 10.2 Å². The van der Waals surface area contributed by atoms with E-state index in [0.29, 0.717) is 17.7 Å². The van der Waals surface area contributed by atoms with Crippen molar-refractivity contribution in [3.05, 3.63) is 63.8 Å². The second-order valence-electron chi connectivity index (χ2n) is 5.74. The summed E-state index contributed by atoms with van der Waals surface area (Å²) in [7, 11) is 0. The van der Waals surface area contributed by atoms with Crippen LogP contribution in [-0.2, 0) is 13.1 Å². The number of halogens is 1. The summed E-state index contributed by atoms with van der Waals surface area (Å²) in [6.07, 6.45) is 1.62. The van der Waals surface area contributed by atoms with Crippen molar-refractivity contribution in [2.45, 2.75) is 13.1 Å². The third kappa shape index (κ3) is 3.60. The monoisotopic (exact) mass is 317 g/mol. The van der Waals surface area contributed by atoms with E-state index >= 15 is 0 Å². The van der Waals surface area contributed by atoms with Crippen molar-refractivity contribution in [2.75, 3.05) is 26.2 Å². The van der Waals surface area contributed by atoms with Crippen LogP contribution in [0.1, 0.15) is 11.1 Å². The summed E-state index contributed by atoms with van der Waals surface area (Å²) in [6, 6.07) is 8.06. The number of piperazine rings is 1. The van der Waals surface area contributed by atoms with Crippen LogP contribution in [0.4, 0.5) is 4.39 Å². The van der Waals surface area contributed by atoms with Gasteiger partial charge >= 0.3 is 0 Å². The average molecular weight is 317 g/mol. The zero-order chi connectivity index (χ0) is 16.2. The molecule has 0 amide bonds. The van der Waals surface area contributed by atoms with E-state index in [4.69, 9.17) is 0 Å². The zero-order valence-corrected chi connectivity index (χ0v) is 12.8. The Morgan fingerprint density at radius 1 is 1.09 bits per heavy atom. The lowest BCUT2D eigenvalue weighted by atomic mass is 10.2. The number of hydrogen-bond acceptors (Lipinski definition) is 4. The van der Waals surface area contributed by atoms with Gasteiger partial charge in [0.05, 0.1) is 6.54 Å². The molecule has 2 aromatic rings. The second kappa shape index (κ2) is 6.93. The van der Waals surface area contributed by atoms with Gasteiger partial charge in [0.25, 0.3) is 5.56 Å². The van der Waals surface area contributed by atoms with Crippen LogP contribution in [0.25, 0.3) is 0 Å². The first-order chi connectivity index (χ1) is 11.1. The first kappa shape index (κ1) is 15.7. The molecule has 0 atom stereocenters. The molecule has 6 heteroatoms. The molecule has 0 unspecified atom stereocenters. The lowest BCUT2D eigenvalue weighted by Crippen LogP contribution is -2.43. The Hall–Kier alpha value is -2.18. The van der Waals surface area contributed by atoms with Crippen LogP contribution in [0.3, 0.4) is 0 Å². The van der Waals surface area contributed by atoms with Gasteiger partial charge in [0.2, 0.25) is 0 Å². The second-order valence-corrected chi connectivity index (χ2v) is 5.74. The predicted molar refractivity (Wildman–Crippen MR) is 86.0 cm³/mol. The normalized spacial score (nSPS) is 15.7. The van der Waals surface area contributed by atoms with Gasteiger partial charge in [0.15, 0.2) is 5.75 Å². The highest BCUT2D eigenvalue weighted by molar-refractivity contribution is 5.30. The first-order valence-corrected chi connectivity index (χ1v) is 7.73. The fourth-order valence-electron chi connectivity index (χ4n) is 2.77. The smallest absolute Gasteiger partial charge is 0.293 e. The minimum absolute atomic E-state index is 0.104. The van der Waals surface area contributed by atoms with Crippen molar-refractivity contribution in [1.29, 1.82) is 0 Å². The number of hydrogen-bond donors (Lipinski definition) is 2. The van der Waals surface area contributed by atoms with E-state index in [-0.39, 0.29) is 18.1 Å². The number of rotatable bonds is 4. The molecule has 0 spiro atoms. The molecule has 1 saturated heterocycles. The summed E-state index contributed by atoms with van der Waals surface area (Å²) in [4.78, 5) is 14.5. The Morgan fingerprint density at radius 2 is 1.83 bits per heavy atom. The summed E-state index contributed by atoms with van der Waals surface area (Å²) in [5.41, 5.74) is 0.548. The average Bonchev–Trinajstić information content (AvgIpc) is 2.57. The van der Waals surface area contributed by atoms with Crippen molar-refractivity contribution in [2.24, 2.45) is 0 Å². The lowest BCUT2D eigenvalue weighted by Gasteiger charge is -2.27. The molecule has 0 saturated carbocycles. The van der Waals surface area contributed by atoms with Gasteiger partial charge < -0.3 is 15.0 Å². The molecule has 1 aromatic carbocycles. The van der Waals surface area contributed by atoms with Gasteiger partial charge in [-0.15, -0.1) is 0 Å². The predicted octanol–water partition coefficient (Wildman–Crippen LogP) is 1.15. The van der Waals surface area contributed by atoms with E-state index < -0.39 is 5.56 Å². The highest BCUT2D eigenvalue weighted by Crippen LogP contribution is 2.15. The maximum Gasteiger partial charge on any atom is 0.293 e. The number of nitrogens with one attached hydrogen (secondary N) is 1. The molecule has 2 heterocycles. The fourth-order valence-corrected chi connectivity index (χ4v) is 2.77. The molecule has 1 aliphatic heterocycles. The van der Waals surface area contributed by atoms with Crippen LogP contribution in [-0.4, -0.2) is 40.8 Å². The molecule has 1 fully saturated rings. The molecule has 5 nitrogen and oxygen atoms in total. The van der Waals surface area contributed by atoms with Gasteiger partial charge in [-0.05, 0) is 12.1 Å². The Balaban J connectivity index is 1.80. The molecule has 1 aliphatic rings. The van der Waals surface area contributed by atoms with Crippen molar-refractivity contribution < 1.29 is 9.50 Å². The maximum atomic E-state index is 13.7. The molecule has 122 valence electrons. The van der Waals surface area contributed by atoms with Crippen molar-refractivity contribution in [3.63, 3.8) is 0 Å². The Kier molecular flexibility index (Phi) is 4.73. The molecule has 1 aromatic heterocycles. The zero-order valence-electron chi connectivity index (χ0n) is 12.8. The van der Waals surface area contributed by atoms with Crippen LogP contribution < -0.4 is 10.9 Å². The van der Waals surface area contributed by atoms with E-state index in [1.165, 1.54) is 10.6 Å². The van der Waals surface area contributed by atoms with Crippen LogP contribution in [0.15, 0.2) is 41.3 Å². The quantitative estimate of drug-likeness (QED) is 0.888. The van der Waals surface area contributed by atoms with Crippen LogP contribution >= 0.6 is 0 Å². The van der Waals surface area contributed by atoms with Crippen LogP contribution in [0, 0.1) is 5.82 Å². The molecule has 23 heavy (non-hydrogen) atoms. The Bertz CT molecular complexity index is 739. The number of benzene rings is 1. The van der Waals surface area contributed by atoms with Gasteiger partial charge in [-0.2, -0.15) is 0 Å². The standard InChI is InChI=1S/C17H20FN3O2/c18-15-4-2-1-3-13(15)12-21-8-5-14(16(22)17(21)23)11-20-9-6-19-7-10-20/h1-5,8,19,22H,6-7,9-12H2. The molecular weight excluding hydrogens is 297 g/mol. The highest BCUT2D eigenvalue weighted by atomic mass is 19.1. The fraction of sp³-hybridized carbons (Fsp3) is 0.353. The molecule has 0 aliphatic carbocycles. The summed E-state index contributed by atoms with van der Waals surface area (Å²) < 4.78 is 15.0. The molecule has 0 radical (unpaired) electrons. The number of aromatic nitrogens is 1. The number of pyridine rings is 1. The van der Waals surface area contributed by atoms with Gasteiger partial charge in [-0.3, -0.25) is 9.69 Å². The topological polar surface area (TPSA) is 57.5 Å². The van der Waals surface area contributed by atoms with Crippen molar-refractivity contribution >= 4 is 0 Å². The number of nitrogens with zero attached hydrogens (tertiary/aromatic N) is 2. The lowest BCUT2D eigenvalue weighted by molar-refractivity contribution is 0.230. The molecule has 0 bridgehead atoms. The van der Waals surface area contributed by atoms with Crippen molar-refractivity contribution in [3.8, 4) is 5.75 Å². The SMILES string of the molecule is O=c1c(O)c(CN2CCNCC2)ccn1Cc1ccccc1F. The minimum Gasteiger partial charge on any atom is -0.503 e. The Labute approximate surface area is 134 Å². The van der Waals surface area contributed by atoms with Gasteiger partial charge in [-0.25, -0.2) is 4.39 Å². The van der Waals surface area contributed by atoms with E-state index in [0.717, 1.165) is 26.2 Å². The Morgan fingerprint density at radius 3 is 2.57 bits per heavy atom.